The predicted molar refractivity (Wildman–Crippen MR) is 81.8 cm³/mol. The topological polar surface area (TPSA) is 12.0 Å². The van der Waals surface area contributed by atoms with Gasteiger partial charge in [0.1, 0.15) is 0 Å². The molecule has 2 atom stereocenters. The van der Waals surface area contributed by atoms with Crippen LogP contribution in [0.3, 0.4) is 0 Å². The van der Waals surface area contributed by atoms with Crippen LogP contribution < -0.4 is 5.32 Å². The maximum absolute atomic E-state index is 3.79. The highest BCUT2D eigenvalue weighted by Gasteiger charge is 2.26. The van der Waals surface area contributed by atoms with Crippen molar-refractivity contribution >= 4 is 0 Å². The first kappa shape index (κ1) is 15.8. The van der Waals surface area contributed by atoms with E-state index < -0.39 is 0 Å². The lowest BCUT2D eigenvalue weighted by atomic mass is 9.90. The van der Waals surface area contributed by atoms with E-state index in [1.165, 1.54) is 64.5 Å². The Hall–Kier alpha value is -0.300. The Morgan fingerprint density at radius 3 is 2.67 bits per heavy atom. The van der Waals surface area contributed by atoms with Crippen LogP contribution in [0.25, 0.3) is 0 Å². The summed E-state index contributed by atoms with van der Waals surface area (Å²) >= 11 is 0. The number of hydrogen-bond donors (Lipinski definition) is 1. The van der Waals surface area contributed by atoms with E-state index in [0.29, 0.717) is 0 Å². The van der Waals surface area contributed by atoms with Crippen LogP contribution in [0.2, 0.25) is 0 Å². The zero-order valence-electron chi connectivity index (χ0n) is 12.6. The average molecular weight is 251 g/mol. The molecule has 1 fully saturated rings. The van der Waals surface area contributed by atoms with E-state index in [1.54, 1.807) is 0 Å². The minimum absolute atomic E-state index is 0.781. The van der Waals surface area contributed by atoms with E-state index >= 15 is 0 Å². The van der Waals surface area contributed by atoms with Gasteiger partial charge in [0.05, 0.1) is 0 Å². The van der Waals surface area contributed by atoms with Crippen LogP contribution in [-0.2, 0) is 0 Å². The summed E-state index contributed by atoms with van der Waals surface area (Å²) < 4.78 is 0. The fourth-order valence-electron chi connectivity index (χ4n) is 3.19. The van der Waals surface area contributed by atoms with Crippen molar-refractivity contribution in [3.63, 3.8) is 0 Å². The van der Waals surface area contributed by atoms with Crippen molar-refractivity contribution in [2.45, 2.75) is 65.2 Å². The Bertz CT molecular complexity index is 210. The first-order valence-corrected chi connectivity index (χ1v) is 8.05. The minimum Gasteiger partial charge on any atom is -0.316 e. The van der Waals surface area contributed by atoms with Crippen molar-refractivity contribution in [1.29, 1.82) is 0 Å². The first-order valence-electron chi connectivity index (χ1n) is 8.05. The van der Waals surface area contributed by atoms with Gasteiger partial charge in [-0.3, -0.25) is 0 Å². The molecule has 0 aliphatic heterocycles. The van der Waals surface area contributed by atoms with Gasteiger partial charge in [0, 0.05) is 0 Å². The summed E-state index contributed by atoms with van der Waals surface area (Å²) in [6.07, 6.45) is 13.3. The molecule has 0 aromatic heterocycles. The summed E-state index contributed by atoms with van der Waals surface area (Å²) in [5, 5.41) is 3.65. The zero-order chi connectivity index (χ0) is 13.2. The predicted octanol–water partition coefficient (Wildman–Crippen LogP) is 4.78. The molecule has 18 heavy (non-hydrogen) atoms. The van der Waals surface area contributed by atoms with Gasteiger partial charge in [-0.25, -0.2) is 0 Å². The second-order valence-electron chi connectivity index (χ2n) is 6.43. The van der Waals surface area contributed by atoms with E-state index in [9.17, 15) is 0 Å². The van der Waals surface area contributed by atoms with Crippen LogP contribution in [0.5, 0.6) is 0 Å². The van der Waals surface area contributed by atoms with Crippen molar-refractivity contribution in [1.82, 2.24) is 5.32 Å². The number of rotatable bonds is 10. The molecule has 0 radical (unpaired) electrons. The molecule has 0 heterocycles. The smallest absolute Gasteiger partial charge is 0.00178 e. The van der Waals surface area contributed by atoms with Crippen molar-refractivity contribution in [3.8, 4) is 0 Å². The second kappa shape index (κ2) is 9.61. The third-order valence-electron chi connectivity index (χ3n) is 4.26. The lowest BCUT2D eigenvalue weighted by Crippen LogP contribution is -2.28. The van der Waals surface area contributed by atoms with Gasteiger partial charge in [-0.2, -0.15) is 0 Å². The molecule has 2 unspecified atom stereocenters. The summed E-state index contributed by atoms with van der Waals surface area (Å²) in [7, 11) is 0. The van der Waals surface area contributed by atoms with Gasteiger partial charge in [-0.15, -0.1) is 6.58 Å². The molecule has 1 rings (SSSR count). The second-order valence-corrected chi connectivity index (χ2v) is 6.43. The quantitative estimate of drug-likeness (QED) is 0.435. The fraction of sp³-hybridized carbons (Fsp3) is 0.882. The summed E-state index contributed by atoms with van der Waals surface area (Å²) in [5.74, 6) is 2.75. The largest absolute Gasteiger partial charge is 0.316 e. The molecule has 1 N–H and O–H groups in total. The van der Waals surface area contributed by atoms with Gasteiger partial charge in [-0.05, 0) is 50.1 Å². The molecule has 106 valence electrons. The number of nitrogens with one attached hydrogen (secondary N) is 1. The molecule has 0 bridgehead atoms. The van der Waals surface area contributed by atoms with Crippen molar-refractivity contribution < 1.29 is 0 Å². The highest BCUT2D eigenvalue weighted by molar-refractivity contribution is 4.79. The molecule has 1 aliphatic carbocycles. The lowest BCUT2D eigenvalue weighted by Gasteiger charge is -2.20. The molecule has 0 amide bonds. The van der Waals surface area contributed by atoms with Gasteiger partial charge in [-0.1, -0.05) is 52.0 Å². The molecular formula is C17H33N. The average Bonchev–Trinajstić information content (AvgIpc) is 2.76. The molecule has 1 heteroatoms. The summed E-state index contributed by atoms with van der Waals surface area (Å²) in [4.78, 5) is 0. The Morgan fingerprint density at radius 1 is 1.17 bits per heavy atom. The van der Waals surface area contributed by atoms with E-state index in [1.807, 2.05) is 6.08 Å². The van der Waals surface area contributed by atoms with Gasteiger partial charge in [0.25, 0.3) is 0 Å². The zero-order valence-corrected chi connectivity index (χ0v) is 12.6. The maximum Gasteiger partial charge on any atom is -0.00178 e. The summed E-state index contributed by atoms with van der Waals surface area (Å²) in [6.45, 7) is 10.8. The van der Waals surface area contributed by atoms with E-state index in [4.69, 9.17) is 0 Å². The Kier molecular flexibility index (Phi) is 8.41. The van der Waals surface area contributed by atoms with Crippen LogP contribution >= 0.6 is 0 Å². The van der Waals surface area contributed by atoms with Crippen molar-refractivity contribution in [2.75, 3.05) is 13.1 Å². The molecular weight excluding hydrogens is 218 g/mol. The van der Waals surface area contributed by atoms with Crippen molar-refractivity contribution in [3.05, 3.63) is 12.7 Å². The number of hydrogen-bond acceptors (Lipinski definition) is 1. The van der Waals surface area contributed by atoms with Crippen LogP contribution in [-0.4, -0.2) is 13.1 Å². The molecule has 1 saturated carbocycles. The van der Waals surface area contributed by atoms with E-state index in [2.05, 4.69) is 25.7 Å². The Labute approximate surface area is 114 Å². The third kappa shape index (κ3) is 6.58. The molecule has 0 saturated heterocycles. The molecule has 0 spiro atoms. The normalized spacial score (nSPS) is 23.7. The lowest BCUT2D eigenvalue weighted by molar-refractivity contribution is 0.331. The van der Waals surface area contributed by atoms with Crippen LogP contribution in [0.4, 0.5) is 0 Å². The molecule has 0 aromatic rings. The van der Waals surface area contributed by atoms with E-state index in [0.717, 1.165) is 17.8 Å². The molecule has 1 aliphatic rings. The maximum atomic E-state index is 3.79. The highest BCUT2D eigenvalue weighted by atomic mass is 14.9. The van der Waals surface area contributed by atoms with Gasteiger partial charge in [0.2, 0.25) is 0 Å². The molecule has 1 nitrogen and oxygen atoms in total. The number of unbranched alkanes of at least 4 members (excludes halogenated alkanes) is 3. The van der Waals surface area contributed by atoms with Gasteiger partial charge >= 0.3 is 0 Å². The Morgan fingerprint density at radius 2 is 1.94 bits per heavy atom. The van der Waals surface area contributed by atoms with E-state index in [-0.39, 0.29) is 0 Å². The first-order chi connectivity index (χ1) is 8.74. The SMILES string of the molecule is C=CCCCCCC1CCCC1CNCC(C)C. The fourth-order valence-corrected chi connectivity index (χ4v) is 3.19. The Balaban J connectivity index is 2.09. The summed E-state index contributed by atoms with van der Waals surface area (Å²) in [5.41, 5.74) is 0. The number of allylic oxidation sites excluding steroid dienone is 1. The summed E-state index contributed by atoms with van der Waals surface area (Å²) in [6, 6.07) is 0. The van der Waals surface area contributed by atoms with Crippen LogP contribution in [0.1, 0.15) is 65.2 Å². The van der Waals surface area contributed by atoms with Crippen molar-refractivity contribution in [2.24, 2.45) is 17.8 Å². The monoisotopic (exact) mass is 251 g/mol. The highest BCUT2D eigenvalue weighted by Crippen LogP contribution is 2.35. The third-order valence-corrected chi connectivity index (χ3v) is 4.26. The minimum atomic E-state index is 0.781. The van der Waals surface area contributed by atoms with Gasteiger partial charge < -0.3 is 5.32 Å². The van der Waals surface area contributed by atoms with Crippen LogP contribution in [0.15, 0.2) is 12.7 Å². The standard InChI is InChI=1S/C17H33N/c1-4-5-6-7-8-10-16-11-9-12-17(16)14-18-13-15(2)3/h4,15-18H,1,5-14H2,2-3H3. The van der Waals surface area contributed by atoms with Gasteiger partial charge in [0.15, 0.2) is 0 Å². The van der Waals surface area contributed by atoms with Crippen LogP contribution in [0, 0.1) is 17.8 Å². The molecule has 0 aromatic carbocycles.